The van der Waals surface area contributed by atoms with Gasteiger partial charge in [0, 0.05) is 32.0 Å². The first-order chi connectivity index (χ1) is 10.7. The first kappa shape index (κ1) is 15.4. The smallest absolute Gasteiger partial charge is 0.240 e. The summed E-state index contributed by atoms with van der Waals surface area (Å²) in [5, 5.41) is 9.81. The molecule has 1 amide bonds. The lowest BCUT2D eigenvalue weighted by molar-refractivity contribution is -0.141. The summed E-state index contributed by atoms with van der Waals surface area (Å²) in [4.78, 5) is 21.2. The van der Waals surface area contributed by atoms with E-state index in [1.807, 2.05) is 17.2 Å². The van der Waals surface area contributed by atoms with Crippen molar-refractivity contribution in [3.05, 3.63) is 30.1 Å². The molecule has 1 aromatic heterocycles. The van der Waals surface area contributed by atoms with Crippen LogP contribution < -0.4 is 0 Å². The SMILES string of the molecule is O=C([C@H]1CCCCN1Cc1cccnc1)N1CCC[C@H](O)C1. The molecule has 1 N–H and O–H groups in total. The van der Waals surface area contributed by atoms with E-state index in [1.165, 1.54) is 0 Å². The zero-order chi connectivity index (χ0) is 15.4. The molecule has 0 saturated carbocycles. The van der Waals surface area contributed by atoms with Gasteiger partial charge in [0.2, 0.25) is 5.91 Å². The van der Waals surface area contributed by atoms with E-state index in [-0.39, 0.29) is 18.1 Å². The van der Waals surface area contributed by atoms with Crippen LogP contribution in [0.5, 0.6) is 0 Å². The third kappa shape index (κ3) is 3.65. The minimum absolute atomic E-state index is 0.0424. The minimum Gasteiger partial charge on any atom is -0.391 e. The van der Waals surface area contributed by atoms with Crippen LogP contribution in [-0.2, 0) is 11.3 Å². The number of rotatable bonds is 3. The van der Waals surface area contributed by atoms with Crippen LogP contribution in [0.4, 0.5) is 0 Å². The molecule has 2 aliphatic rings. The second-order valence-corrected chi connectivity index (χ2v) is 6.42. The Balaban J connectivity index is 1.67. The number of carbonyl (C=O) groups is 1. The predicted octanol–water partition coefficient (Wildman–Crippen LogP) is 1.42. The molecule has 3 heterocycles. The maximum Gasteiger partial charge on any atom is 0.240 e. The molecule has 0 radical (unpaired) electrons. The molecule has 0 unspecified atom stereocenters. The van der Waals surface area contributed by atoms with Gasteiger partial charge in [0.1, 0.15) is 0 Å². The lowest BCUT2D eigenvalue weighted by Crippen LogP contribution is -2.53. The van der Waals surface area contributed by atoms with E-state index >= 15 is 0 Å². The Labute approximate surface area is 131 Å². The molecule has 22 heavy (non-hydrogen) atoms. The third-order valence-corrected chi connectivity index (χ3v) is 4.72. The number of aliphatic hydroxyl groups excluding tert-OH is 1. The zero-order valence-electron chi connectivity index (χ0n) is 13.0. The Hall–Kier alpha value is -1.46. The second kappa shape index (κ2) is 7.20. The van der Waals surface area contributed by atoms with Crippen LogP contribution in [0.1, 0.15) is 37.7 Å². The number of aliphatic hydroxyl groups is 1. The van der Waals surface area contributed by atoms with Crippen LogP contribution in [0.3, 0.4) is 0 Å². The molecule has 1 aromatic rings. The number of pyridine rings is 1. The molecule has 5 heteroatoms. The highest BCUT2D eigenvalue weighted by Crippen LogP contribution is 2.22. The number of hydrogen-bond acceptors (Lipinski definition) is 4. The van der Waals surface area contributed by atoms with Crippen molar-refractivity contribution in [2.45, 2.75) is 50.8 Å². The van der Waals surface area contributed by atoms with Gasteiger partial charge in [-0.25, -0.2) is 0 Å². The quantitative estimate of drug-likeness (QED) is 0.917. The van der Waals surface area contributed by atoms with Crippen molar-refractivity contribution in [3.63, 3.8) is 0 Å². The van der Waals surface area contributed by atoms with Gasteiger partial charge in [0.15, 0.2) is 0 Å². The Morgan fingerprint density at radius 2 is 2.18 bits per heavy atom. The molecule has 2 saturated heterocycles. The normalized spacial score (nSPS) is 26.9. The number of β-amino-alcohol motifs (C(OH)–C–C–N with tert-alkyl or cyclic N) is 1. The van der Waals surface area contributed by atoms with E-state index in [0.717, 1.165) is 57.3 Å². The van der Waals surface area contributed by atoms with Crippen LogP contribution in [-0.4, -0.2) is 57.6 Å². The van der Waals surface area contributed by atoms with Gasteiger partial charge in [0.05, 0.1) is 12.1 Å². The van der Waals surface area contributed by atoms with Gasteiger partial charge < -0.3 is 10.0 Å². The Kier molecular flexibility index (Phi) is 5.05. The summed E-state index contributed by atoms with van der Waals surface area (Å²) in [6, 6.07) is 3.96. The van der Waals surface area contributed by atoms with Gasteiger partial charge in [0.25, 0.3) is 0 Å². The number of amides is 1. The van der Waals surface area contributed by atoms with E-state index in [0.29, 0.717) is 6.54 Å². The topological polar surface area (TPSA) is 56.7 Å². The fourth-order valence-corrected chi connectivity index (χ4v) is 3.55. The summed E-state index contributed by atoms with van der Waals surface area (Å²) in [6.07, 6.45) is 8.19. The second-order valence-electron chi connectivity index (χ2n) is 6.42. The van der Waals surface area contributed by atoms with Crippen molar-refractivity contribution in [2.75, 3.05) is 19.6 Å². The van der Waals surface area contributed by atoms with E-state index in [1.54, 1.807) is 6.20 Å². The summed E-state index contributed by atoms with van der Waals surface area (Å²) in [5.41, 5.74) is 1.15. The van der Waals surface area contributed by atoms with Gasteiger partial charge >= 0.3 is 0 Å². The first-order valence-electron chi connectivity index (χ1n) is 8.34. The molecule has 120 valence electrons. The summed E-state index contributed by atoms with van der Waals surface area (Å²) in [7, 11) is 0. The lowest BCUT2D eigenvalue weighted by atomic mass is 9.98. The standard InChI is InChI=1S/C17H25N3O2/c21-15-6-4-10-20(13-15)17(22)16-7-1-2-9-19(16)12-14-5-3-8-18-11-14/h3,5,8,11,15-16,21H,1-2,4,6-7,9-10,12-13H2/t15-,16+/m0/s1. The van der Waals surface area contributed by atoms with E-state index in [4.69, 9.17) is 0 Å². The summed E-state index contributed by atoms with van der Waals surface area (Å²) in [5.74, 6) is 0.197. The van der Waals surface area contributed by atoms with E-state index in [2.05, 4.69) is 16.0 Å². The van der Waals surface area contributed by atoms with Crippen LogP contribution >= 0.6 is 0 Å². The van der Waals surface area contributed by atoms with Crippen LogP contribution in [0, 0.1) is 0 Å². The van der Waals surface area contributed by atoms with Crippen molar-refractivity contribution < 1.29 is 9.90 Å². The Morgan fingerprint density at radius 3 is 2.95 bits per heavy atom. The highest BCUT2D eigenvalue weighted by molar-refractivity contribution is 5.82. The number of likely N-dealkylation sites (tertiary alicyclic amines) is 2. The molecule has 2 fully saturated rings. The highest BCUT2D eigenvalue weighted by atomic mass is 16.3. The number of hydrogen-bond donors (Lipinski definition) is 1. The number of carbonyl (C=O) groups excluding carboxylic acids is 1. The van der Waals surface area contributed by atoms with Crippen LogP contribution in [0.15, 0.2) is 24.5 Å². The number of aromatic nitrogens is 1. The summed E-state index contributed by atoms with van der Waals surface area (Å²) in [6.45, 7) is 3.02. The summed E-state index contributed by atoms with van der Waals surface area (Å²) >= 11 is 0. The van der Waals surface area contributed by atoms with Gasteiger partial charge in [-0.1, -0.05) is 12.5 Å². The molecule has 2 atom stereocenters. The molecule has 0 spiro atoms. The molecular weight excluding hydrogens is 278 g/mol. The number of nitrogens with zero attached hydrogens (tertiary/aromatic N) is 3. The predicted molar refractivity (Wildman–Crippen MR) is 84.1 cm³/mol. The van der Waals surface area contributed by atoms with E-state index in [9.17, 15) is 9.90 Å². The fraction of sp³-hybridized carbons (Fsp3) is 0.647. The third-order valence-electron chi connectivity index (χ3n) is 4.72. The Bertz CT molecular complexity index is 494. The van der Waals surface area contributed by atoms with Gasteiger partial charge in [-0.15, -0.1) is 0 Å². The number of piperidine rings is 2. The van der Waals surface area contributed by atoms with Crippen LogP contribution in [0.25, 0.3) is 0 Å². The van der Waals surface area contributed by atoms with Gasteiger partial charge in [-0.05, 0) is 43.9 Å². The molecule has 5 nitrogen and oxygen atoms in total. The van der Waals surface area contributed by atoms with Gasteiger partial charge in [-0.2, -0.15) is 0 Å². The molecule has 3 rings (SSSR count). The molecule has 0 aliphatic carbocycles. The first-order valence-corrected chi connectivity index (χ1v) is 8.34. The average molecular weight is 303 g/mol. The van der Waals surface area contributed by atoms with Crippen molar-refractivity contribution in [2.24, 2.45) is 0 Å². The average Bonchev–Trinajstić information content (AvgIpc) is 2.56. The Morgan fingerprint density at radius 1 is 1.27 bits per heavy atom. The van der Waals surface area contributed by atoms with Gasteiger partial charge in [-0.3, -0.25) is 14.7 Å². The maximum atomic E-state index is 12.9. The monoisotopic (exact) mass is 303 g/mol. The van der Waals surface area contributed by atoms with Crippen molar-refractivity contribution in [3.8, 4) is 0 Å². The molecule has 2 aliphatic heterocycles. The lowest BCUT2D eigenvalue weighted by Gasteiger charge is -2.39. The van der Waals surface area contributed by atoms with Crippen molar-refractivity contribution in [1.82, 2.24) is 14.8 Å². The maximum absolute atomic E-state index is 12.9. The molecule has 0 aromatic carbocycles. The van der Waals surface area contributed by atoms with Crippen LogP contribution in [0.2, 0.25) is 0 Å². The van der Waals surface area contributed by atoms with Crippen molar-refractivity contribution in [1.29, 1.82) is 0 Å². The van der Waals surface area contributed by atoms with E-state index < -0.39 is 0 Å². The minimum atomic E-state index is -0.354. The molecular formula is C17H25N3O2. The van der Waals surface area contributed by atoms with Crippen molar-refractivity contribution >= 4 is 5.91 Å². The fourth-order valence-electron chi connectivity index (χ4n) is 3.55. The summed E-state index contributed by atoms with van der Waals surface area (Å²) < 4.78 is 0. The largest absolute Gasteiger partial charge is 0.391 e. The highest BCUT2D eigenvalue weighted by Gasteiger charge is 2.33. The zero-order valence-corrected chi connectivity index (χ0v) is 13.0. The molecule has 0 bridgehead atoms.